The highest BCUT2D eigenvalue weighted by Gasteiger charge is 2.23. The molecule has 210 valence electrons. The zero-order chi connectivity index (χ0) is 28.6. The Kier molecular flexibility index (Phi) is 9.68. The summed E-state index contributed by atoms with van der Waals surface area (Å²) in [6.07, 6.45) is 0. The van der Waals surface area contributed by atoms with Crippen LogP contribution in [0.3, 0.4) is 0 Å². The number of piperazine rings is 1. The van der Waals surface area contributed by atoms with Crippen LogP contribution >= 0.6 is 23.8 Å². The van der Waals surface area contributed by atoms with E-state index < -0.39 is 0 Å². The lowest BCUT2D eigenvalue weighted by molar-refractivity contribution is 0.0745. The van der Waals surface area contributed by atoms with E-state index in [1.54, 1.807) is 50.6 Å². The van der Waals surface area contributed by atoms with Gasteiger partial charge in [0.1, 0.15) is 17.2 Å². The molecule has 40 heavy (non-hydrogen) atoms. The highest BCUT2D eigenvalue weighted by atomic mass is 35.5. The van der Waals surface area contributed by atoms with Gasteiger partial charge in [-0.2, -0.15) is 0 Å². The van der Waals surface area contributed by atoms with Crippen molar-refractivity contribution in [1.82, 2.24) is 10.2 Å². The lowest BCUT2D eigenvalue weighted by atomic mass is 10.1. The van der Waals surface area contributed by atoms with Crippen LogP contribution in [0.1, 0.15) is 27.6 Å². The third-order valence-corrected chi connectivity index (χ3v) is 6.88. The van der Waals surface area contributed by atoms with E-state index in [0.717, 1.165) is 11.4 Å². The van der Waals surface area contributed by atoms with Crippen LogP contribution in [0.2, 0.25) is 5.02 Å². The normalized spacial score (nSPS) is 12.9. The van der Waals surface area contributed by atoms with Gasteiger partial charge in [0, 0.05) is 54.7 Å². The van der Waals surface area contributed by atoms with Gasteiger partial charge < -0.3 is 29.3 Å². The van der Waals surface area contributed by atoms with E-state index in [4.69, 9.17) is 38.0 Å². The van der Waals surface area contributed by atoms with E-state index in [1.165, 1.54) is 0 Å². The Morgan fingerprint density at radius 2 is 1.55 bits per heavy atom. The molecule has 1 saturated heterocycles. The summed E-state index contributed by atoms with van der Waals surface area (Å²) in [6.45, 7) is 4.90. The highest BCUT2D eigenvalue weighted by Crippen LogP contribution is 2.26. The number of rotatable bonds is 8. The molecule has 2 amide bonds. The molecule has 9 nitrogen and oxygen atoms in total. The number of halogens is 1. The molecule has 0 bridgehead atoms. The molecule has 0 atom stereocenters. The Bertz CT molecular complexity index is 1360. The van der Waals surface area contributed by atoms with Crippen molar-refractivity contribution in [3.05, 3.63) is 76.8 Å². The van der Waals surface area contributed by atoms with Crippen LogP contribution in [0.5, 0.6) is 17.2 Å². The average Bonchev–Trinajstić information content (AvgIpc) is 2.98. The zero-order valence-electron chi connectivity index (χ0n) is 22.5. The van der Waals surface area contributed by atoms with Gasteiger partial charge in [0.25, 0.3) is 11.8 Å². The number of hydrogen-bond acceptors (Lipinski definition) is 7. The monoisotopic (exact) mass is 582 g/mol. The van der Waals surface area contributed by atoms with E-state index in [1.807, 2.05) is 36.1 Å². The second-order valence-corrected chi connectivity index (χ2v) is 9.73. The lowest BCUT2D eigenvalue weighted by Gasteiger charge is -2.36. The van der Waals surface area contributed by atoms with Gasteiger partial charge in [-0.3, -0.25) is 14.9 Å². The average molecular weight is 583 g/mol. The second-order valence-electron chi connectivity index (χ2n) is 8.91. The van der Waals surface area contributed by atoms with Crippen molar-refractivity contribution < 1.29 is 23.8 Å². The fourth-order valence-corrected chi connectivity index (χ4v) is 4.73. The predicted octanol–water partition coefficient (Wildman–Crippen LogP) is 4.85. The predicted molar refractivity (Wildman–Crippen MR) is 160 cm³/mol. The summed E-state index contributed by atoms with van der Waals surface area (Å²) < 4.78 is 16.0. The third-order valence-electron chi connectivity index (χ3n) is 6.38. The largest absolute Gasteiger partial charge is 0.497 e. The Hall–Kier alpha value is -4.02. The number of methoxy groups -OCH3 is 2. The van der Waals surface area contributed by atoms with Crippen molar-refractivity contribution in [2.45, 2.75) is 6.92 Å². The molecule has 11 heteroatoms. The minimum absolute atomic E-state index is 0.0561. The molecule has 0 aromatic heterocycles. The molecule has 0 aliphatic carbocycles. The molecular formula is C29H31ClN4O5S. The number of anilines is 2. The summed E-state index contributed by atoms with van der Waals surface area (Å²) in [7, 11) is 3.12. The second kappa shape index (κ2) is 13.4. The van der Waals surface area contributed by atoms with Crippen molar-refractivity contribution >= 4 is 52.1 Å². The summed E-state index contributed by atoms with van der Waals surface area (Å²) in [6, 6.07) is 17.8. The summed E-state index contributed by atoms with van der Waals surface area (Å²) in [5.74, 6) is 1.25. The van der Waals surface area contributed by atoms with E-state index in [2.05, 4.69) is 15.5 Å². The molecule has 1 heterocycles. The minimum atomic E-state index is -0.376. The standard InChI is InChI=1S/C29H31ClN4O5S/c1-4-39-26-10-5-19(17-25(26)30)27(35)32-29(40)31-21-6-8-22(9-7-21)33-11-13-34(14-12-33)28(36)20-15-23(37-2)18-24(16-20)38-3/h5-10,15-18H,4,11-14H2,1-3H3,(H2,31,32,35,40). The van der Waals surface area contributed by atoms with Gasteiger partial charge in [0.15, 0.2) is 5.11 Å². The number of nitrogens with one attached hydrogen (secondary N) is 2. The molecule has 1 aliphatic rings. The van der Waals surface area contributed by atoms with Crippen LogP contribution in [0.4, 0.5) is 11.4 Å². The number of amides is 2. The molecule has 0 unspecified atom stereocenters. The molecule has 1 fully saturated rings. The van der Waals surface area contributed by atoms with E-state index >= 15 is 0 Å². The summed E-state index contributed by atoms with van der Waals surface area (Å²) >= 11 is 11.5. The van der Waals surface area contributed by atoms with Gasteiger partial charge in [0.2, 0.25) is 0 Å². The molecular weight excluding hydrogens is 552 g/mol. The lowest BCUT2D eigenvalue weighted by Crippen LogP contribution is -2.48. The summed E-state index contributed by atoms with van der Waals surface area (Å²) in [5.41, 5.74) is 2.67. The number of thiocarbonyl (C=S) groups is 1. The number of benzene rings is 3. The number of ether oxygens (including phenoxy) is 3. The Labute approximate surface area is 243 Å². The van der Waals surface area contributed by atoms with Crippen molar-refractivity contribution in [3.8, 4) is 17.2 Å². The Morgan fingerprint density at radius 3 is 2.12 bits per heavy atom. The molecule has 1 aliphatic heterocycles. The first kappa shape index (κ1) is 29.0. The van der Waals surface area contributed by atoms with E-state index in [-0.39, 0.29) is 16.9 Å². The zero-order valence-corrected chi connectivity index (χ0v) is 24.1. The number of nitrogens with zero attached hydrogens (tertiary/aromatic N) is 2. The van der Waals surface area contributed by atoms with Crippen molar-refractivity contribution in [3.63, 3.8) is 0 Å². The highest BCUT2D eigenvalue weighted by molar-refractivity contribution is 7.80. The van der Waals surface area contributed by atoms with Gasteiger partial charge in [-0.15, -0.1) is 0 Å². The fraction of sp³-hybridized carbons (Fsp3) is 0.276. The van der Waals surface area contributed by atoms with Gasteiger partial charge in [0.05, 0.1) is 25.8 Å². The van der Waals surface area contributed by atoms with Gasteiger partial charge in [-0.05, 0) is 73.7 Å². The molecule has 0 radical (unpaired) electrons. The van der Waals surface area contributed by atoms with Crippen LogP contribution < -0.4 is 29.7 Å². The first-order chi connectivity index (χ1) is 19.3. The third kappa shape index (κ3) is 7.13. The molecule has 3 aromatic rings. The molecule has 0 saturated carbocycles. The smallest absolute Gasteiger partial charge is 0.257 e. The Balaban J connectivity index is 1.29. The summed E-state index contributed by atoms with van der Waals surface area (Å²) in [5, 5.41) is 6.22. The molecule has 4 rings (SSSR count). The maximum absolute atomic E-state index is 13.1. The van der Waals surface area contributed by atoms with Crippen LogP contribution in [0.15, 0.2) is 60.7 Å². The van der Waals surface area contributed by atoms with Gasteiger partial charge in [-0.1, -0.05) is 11.6 Å². The fourth-order valence-electron chi connectivity index (χ4n) is 4.29. The number of carbonyl (C=O) groups is 2. The topological polar surface area (TPSA) is 92.4 Å². The Morgan fingerprint density at radius 1 is 0.900 bits per heavy atom. The van der Waals surface area contributed by atoms with Gasteiger partial charge in [-0.25, -0.2) is 0 Å². The van der Waals surface area contributed by atoms with E-state index in [0.29, 0.717) is 66.2 Å². The van der Waals surface area contributed by atoms with Crippen molar-refractivity contribution in [2.75, 3.05) is 57.2 Å². The maximum Gasteiger partial charge on any atom is 0.257 e. The first-order valence-electron chi connectivity index (χ1n) is 12.7. The van der Waals surface area contributed by atoms with E-state index in [9.17, 15) is 9.59 Å². The molecule has 2 N–H and O–H groups in total. The first-order valence-corrected chi connectivity index (χ1v) is 13.5. The summed E-state index contributed by atoms with van der Waals surface area (Å²) in [4.78, 5) is 29.7. The van der Waals surface area contributed by atoms with Crippen molar-refractivity contribution in [2.24, 2.45) is 0 Å². The van der Waals surface area contributed by atoms with Crippen LogP contribution in [0, 0.1) is 0 Å². The van der Waals surface area contributed by atoms with Crippen LogP contribution in [-0.4, -0.2) is 68.8 Å². The van der Waals surface area contributed by atoms with Crippen molar-refractivity contribution in [1.29, 1.82) is 0 Å². The van der Waals surface area contributed by atoms with Crippen LogP contribution in [-0.2, 0) is 0 Å². The maximum atomic E-state index is 13.1. The van der Waals surface area contributed by atoms with Gasteiger partial charge >= 0.3 is 0 Å². The number of hydrogen-bond donors (Lipinski definition) is 2. The quantitative estimate of drug-likeness (QED) is 0.364. The molecule has 0 spiro atoms. The number of carbonyl (C=O) groups excluding carboxylic acids is 2. The molecule has 3 aromatic carbocycles. The van der Waals surface area contributed by atoms with Crippen LogP contribution in [0.25, 0.3) is 0 Å². The SMILES string of the molecule is CCOc1ccc(C(=O)NC(=S)Nc2ccc(N3CCN(C(=O)c4cc(OC)cc(OC)c4)CC3)cc2)cc1Cl. The minimum Gasteiger partial charge on any atom is -0.497 e.